The number of aryl methyl sites for hydroxylation is 2. The van der Waals surface area contributed by atoms with Crippen molar-refractivity contribution in [2.75, 3.05) is 6.54 Å². The molecule has 3 rings (SSSR count). The number of hydrogen-bond acceptors (Lipinski definition) is 3. The van der Waals surface area contributed by atoms with Crippen molar-refractivity contribution in [3.8, 4) is 5.69 Å². The highest BCUT2D eigenvalue weighted by atomic mass is 19.1. The van der Waals surface area contributed by atoms with Crippen LogP contribution in [0.1, 0.15) is 28.2 Å². The zero-order valence-electron chi connectivity index (χ0n) is 15.0. The first-order valence-electron chi connectivity index (χ1n) is 8.74. The first kappa shape index (κ1) is 18.5. The number of benzene rings is 2. The highest BCUT2D eigenvalue weighted by molar-refractivity contribution is 5.92. The van der Waals surface area contributed by atoms with E-state index in [0.29, 0.717) is 12.2 Å². The smallest absolute Gasteiger partial charge is 0.275 e. The average molecular weight is 365 g/mol. The van der Waals surface area contributed by atoms with E-state index in [1.807, 2.05) is 30.3 Å². The fraction of sp³-hybridized carbons (Fsp3) is 0.190. The Morgan fingerprint density at radius 1 is 1.11 bits per heavy atom. The van der Waals surface area contributed by atoms with Crippen LogP contribution in [0.4, 0.5) is 4.39 Å². The predicted molar refractivity (Wildman–Crippen MR) is 102 cm³/mol. The number of para-hydroxylation sites is 1. The van der Waals surface area contributed by atoms with Crippen LogP contribution < -0.4 is 10.7 Å². The van der Waals surface area contributed by atoms with Crippen LogP contribution in [0.5, 0.6) is 0 Å². The van der Waals surface area contributed by atoms with Gasteiger partial charge in [0.2, 0.25) is 5.43 Å². The van der Waals surface area contributed by atoms with E-state index in [2.05, 4.69) is 10.4 Å². The van der Waals surface area contributed by atoms with Crippen LogP contribution >= 0.6 is 0 Å². The molecule has 1 heterocycles. The van der Waals surface area contributed by atoms with Crippen molar-refractivity contribution in [3.05, 3.63) is 93.7 Å². The van der Waals surface area contributed by atoms with Gasteiger partial charge in [0.05, 0.1) is 0 Å². The van der Waals surface area contributed by atoms with Crippen molar-refractivity contribution in [3.63, 3.8) is 0 Å². The topological polar surface area (TPSA) is 64.0 Å². The van der Waals surface area contributed by atoms with E-state index in [4.69, 9.17) is 0 Å². The molecule has 1 amide bonds. The number of rotatable bonds is 6. The largest absolute Gasteiger partial charge is 0.351 e. The molecule has 0 saturated carbocycles. The summed E-state index contributed by atoms with van der Waals surface area (Å²) in [6.45, 7) is 2.06. The standard InChI is InChI=1S/C21H20FN3O2/c1-15-14-19(26)20(24-25(15)18-12-6-5-11-17(18)22)21(27)23-13-7-10-16-8-3-2-4-9-16/h2-6,8-9,11-12,14H,7,10,13H2,1H3,(H,23,27). The lowest BCUT2D eigenvalue weighted by Gasteiger charge is -2.12. The second kappa shape index (κ2) is 8.40. The van der Waals surface area contributed by atoms with Crippen molar-refractivity contribution in [1.29, 1.82) is 0 Å². The monoisotopic (exact) mass is 365 g/mol. The molecular weight excluding hydrogens is 345 g/mol. The predicted octanol–water partition coefficient (Wildman–Crippen LogP) is 3.04. The molecule has 3 aromatic rings. The van der Waals surface area contributed by atoms with Gasteiger partial charge in [-0.05, 0) is 37.5 Å². The van der Waals surface area contributed by atoms with E-state index < -0.39 is 17.2 Å². The van der Waals surface area contributed by atoms with Crippen molar-refractivity contribution in [1.82, 2.24) is 15.1 Å². The van der Waals surface area contributed by atoms with Gasteiger partial charge in [0.25, 0.3) is 5.91 Å². The van der Waals surface area contributed by atoms with Gasteiger partial charge in [0.1, 0.15) is 11.5 Å². The third kappa shape index (κ3) is 4.47. The van der Waals surface area contributed by atoms with Crippen molar-refractivity contribution in [2.24, 2.45) is 0 Å². The SMILES string of the molecule is Cc1cc(=O)c(C(=O)NCCCc2ccccc2)nn1-c1ccccc1F. The third-order valence-electron chi connectivity index (χ3n) is 4.17. The highest BCUT2D eigenvalue weighted by Gasteiger charge is 2.16. The Morgan fingerprint density at radius 3 is 2.56 bits per heavy atom. The highest BCUT2D eigenvalue weighted by Crippen LogP contribution is 2.13. The summed E-state index contributed by atoms with van der Waals surface area (Å²) >= 11 is 0. The summed E-state index contributed by atoms with van der Waals surface area (Å²) in [7, 11) is 0. The molecule has 2 aromatic carbocycles. The number of nitrogens with one attached hydrogen (secondary N) is 1. The maximum atomic E-state index is 14.1. The molecule has 27 heavy (non-hydrogen) atoms. The minimum Gasteiger partial charge on any atom is -0.351 e. The molecule has 0 atom stereocenters. The van der Waals surface area contributed by atoms with Crippen LogP contribution in [0.2, 0.25) is 0 Å². The van der Waals surface area contributed by atoms with Gasteiger partial charge < -0.3 is 5.32 Å². The lowest BCUT2D eigenvalue weighted by Crippen LogP contribution is -2.32. The molecule has 0 aliphatic carbocycles. The van der Waals surface area contributed by atoms with E-state index in [9.17, 15) is 14.0 Å². The second-order valence-electron chi connectivity index (χ2n) is 6.21. The molecule has 6 heteroatoms. The van der Waals surface area contributed by atoms with Gasteiger partial charge in [-0.1, -0.05) is 42.5 Å². The van der Waals surface area contributed by atoms with Gasteiger partial charge >= 0.3 is 0 Å². The molecule has 5 nitrogen and oxygen atoms in total. The van der Waals surface area contributed by atoms with Crippen LogP contribution in [0.25, 0.3) is 5.69 Å². The first-order valence-corrected chi connectivity index (χ1v) is 8.74. The fourth-order valence-corrected chi connectivity index (χ4v) is 2.79. The number of nitrogens with zero attached hydrogens (tertiary/aromatic N) is 2. The van der Waals surface area contributed by atoms with Crippen molar-refractivity contribution in [2.45, 2.75) is 19.8 Å². The van der Waals surface area contributed by atoms with E-state index in [-0.39, 0.29) is 11.4 Å². The maximum absolute atomic E-state index is 14.1. The molecule has 0 saturated heterocycles. The normalized spacial score (nSPS) is 10.6. The summed E-state index contributed by atoms with van der Waals surface area (Å²) in [6, 6.07) is 17.3. The average Bonchev–Trinajstić information content (AvgIpc) is 2.67. The number of amides is 1. The Morgan fingerprint density at radius 2 is 1.81 bits per heavy atom. The molecule has 0 bridgehead atoms. The van der Waals surface area contributed by atoms with E-state index in [1.165, 1.54) is 22.4 Å². The summed E-state index contributed by atoms with van der Waals surface area (Å²) in [5, 5.41) is 6.81. The lowest BCUT2D eigenvalue weighted by molar-refractivity contribution is 0.0945. The van der Waals surface area contributed by atoms with Gasteiger partial charge in [-0.25, -0.2) is 9.07 Å². The molecule has 138 valence electrons. The number of hydrogen-bond donors (Lipinski definition) is 1. The van der Waals surface area contributed by atoms with Crippen LogP contribution in [-0.4, -0.2) is 22.2 Å². The molecule has 0 radical (unpaired) electrons. The summed E-state index contributed by atoms with van der Waals surface area (Å²) in [5.41, 5.74) is 1.09. The molecule has 1 aromatic heterocycles. The van der Waals surface area contributed by atoms with Crippen LogP contribution in [0.15, 0.2) is 65.5 Å². The number of carbonyl (C=O) groups is 1. The first-order chi connectivity index (χ1) is 13.1. The second-order valence-corrected chi connectivity index (χ2v) is 6.21. The number of halogens is 1. The Hall–Kier alpha value is -3.28. The molecular formula is C21H20FN3O2. The molecule has 0 aliphatic rings. The van der Waals surface area contributed by atoms with Gasteiger partial charge in [0, 0.05) is 18.3 Å². The van der Waals surface area contributed by atoms with Gasteiger partial charge in [-0.15, -0.1) is 0 Å². The summed E-state index contributed by atoms with van der Waals surface area (Å²) < 4.78 is 15.3. The quantitative estimate of drug-likeness (QED) is 0.683. The zero-order valence-corrected chi connectivity index (χ0v) is 15.0. The fourth-order valence-electron chi connectivity index (χ4n) is 2.79. The Kier molecular flexibility index (Phi) is 5.76. The molecule has 0 fully saturated rings. The van der Waals surface area contributed by atoms with E-state index in [0.717, 1.165) is 12.8 Å². The Labute approximate surface area is 156 Å². The zero-order chi connectivity index (χ0) is 19.2. The summed E-state index contributed by atoms with van der Waals surface area (Å²) in [4.78, 5) is 24.5. The minimum atomic E-state index is -0.557. The van der Waals surface area contributed by atoms with E-state index in [1.54, 1.807) is 25.1 Å². The maximum Gasteiger partial charge on any atom is 0.275 e. The number of carbonyl (C=O) groups excluding carboxylic acids is 1. The molecule has 0 unspecified atom stereocenters. The summed E-state index contributed by atoms with van der Waals surface area (Å²) in [5.74, 6) is -1.04. The van der Waals surface area contributed by atoms with Gasteiger partial charge in [-0.2, -0.15) is 5.10 Å². The molecule has 1 N–H and O–H groups in total. The van der Waals surface area contributed by atoms with Gasteiger partial charge in [-0.3, -0.25) is 9.59 Å². The van der Waals surface area contributed by atoms with E-state index >= 15 is 0 Å². The summed E-state index contributed by atoms with van der Waals surface area (Å²) in [6.07, 6.45) is 1.56. The van der Waals surface area contributed by atoms with Crippen molar-refractivity contribution < 1.29 is 9.18 Å². The Bertz CT molecular complexity index is 1000. The number of aromatic nitrogens is 2. The van der Waals surface area contributed by atoms with Crippen LogP contribution in [-0.2, 0) is 6.42 Å². The third-order valence-corrected chi connectivity index (χ3v) is 4.17. The van der Waals surface area contributed by atoms with Gasteiger partial charge in [0.15, 0.2) is 5.69 Å². The lowest BCUT2D eigenvalue weighted by atomic mass is 10.1. The minimum absolute atomic E-state index is 0.188. The van der Waals surface area contributed by atoms with Crippen LogP contribution in [0.3, 0.4) is 0 Å². The Balaban J connectivity index is 1.72. The molecule has 0 spiro atoms. The van der Waals surface area contributed by atoms with Crippen LogP contribution in [0, 0.1) is 12.7 Å². The molecule has 0 aliphatic heterocycles. The van der Waals surface area contributed by atoms with Crippen molar-refractivity contribution >= 4 is 5.91 Å².